The topological polar surface area (TPSA) is 29.9 Å². The molecule has 0 radical (unpaired) electrons. The van der Waals surface area contributed by atoms with Gasteiger partial charge in [0.15, 0.2) is 0 Å². The van der Waals surface area contributed by atoms with Gasteiger partial charge in [0, 0.05) is 6.54 Å². The van der Waals surface area contributed by atoms with Crippen molar-refractivity contribution in [2.24, 2.45) is 0 Å². The Balaban J connectivity index is 2.78. The summed E-state index contributed by atoms with van der Waals surface area (Å²) in [5.74, 6) is 1.02. The van der Waals surface area contributed by atoms with Crippen LogP contribution in [0.15, 0.2) is 18.2 Å². The van der Waals surface area contributed by atoms with Gasteiger partial charge in [-0.25, -0.2) is 4.98 Å². The largest absolute Gasteiger partial charge is 0.325 e. The Bertz CT molecular complexity index is 543. The lowest BCUT2D eigenvalue weighted by Gasteiger charge is -2.24. The Morgan fingerprint density at radius 1 is 1.41 bits per heavy atom. The van der Waals surface area contributed by atoms with Crippen LogP contribution in [0.25, 0.3) is 11.0 Å². The van der Waals surface area contributed by atoms with Crippen LogP contribution in [0.1, 0.15) is 26.6 Å². The minimum absolute atomic E-state index is 0.168. The lowest BCUT2D eigenvalue weighted by Crippen LogP contribution is -2.36. The standard InChI is InChI=1S/C13H18ClN3/c1-5-17-11-9(14)7-6-8-10(11)16-12(17)13(2,3)15-4/h6-8,15H,5H2,1-4H3. The molecule has 0 spiro atoms. The molecular weight excluding hydrogens is 234 g/mol. The molecule has 1 aromatic heterocycles. The van der Waals surface area contributed by atoms with E-state index in [1.165, 1.54) is 0 Å². The molecule has 0 amide bonds. The molecular formula is C13H18ClN3. The highest BCUT2D eigenvalue weighted by molar-refractivity contribution is 6.35. The van der Waals surface area contributed by atoms with Crippen molar-refractivity contribution < 1.29 is 0 Å². The van der Waals surface area contributed by atoms with Crippen LogP contribution in [-0.4, -0.2) is 16.6 Å². The summed E-state index contributed by atoms with van der Waals surface area (Å²) in [6.07, 6.45) is 0. The molecule has 0 fully saturated rings. The minimum atomic E-state index is -0.168. The Morgan fingerprint density at radius 2 is 2.12 bits per heavy atom. The van der Waals surface area contributed by atoms with Crippen LogP contribution in [-0.2, 0) is 12.1 Å². The average molecular weight is 252 g/mol. The summed E-state index contributed by atoms with van der Waals surface area (Å²) in [6.45, 7) is 7.21. The molecule has 17 heavy (non-hydrogen) atoms. The second kappa shape index (κ2) is 4.31. The van der Waals surface area contributed by atoms with Crippen molar-refractivity contribution in [2.75, 3.05) is 7.05 Å². The molecule has 0 aliphatic rings. The third-order valence-electron chi connectivity index (χ3n) is 3.22. The lowest BCUT2D eigenvalue weighted by molar-refractivity contribution is 0.400. The van der Waals surface area contributed by atoms with Gasteiger partial charge in [-0.1, -0.05) is 17.7 Å². The molecule has 4 heteroatoms. The first kappa shape index (κ1) is 12.4. The summed E-state index contributed by atoms with van der Waals surface area (Å²) in [5.41, 5.74) is 1.81. The van der Waals surface area contributed by atoms with Gasteiger partial charge in [-0.2, -0.15) is 0 Å². The number of halogens is 1. The fraction of sp³-hybridized carbons (Fsp3) is 0.462. The number of nitrogens with zero attached hydrogens (tertiary/aromatic N) is 2. The number of aryl methyl sites for hydroxylation is 1. The molecule has 0 bridgehead atoms. The van der Waals surface area contributed by atoms with Crippen molar-refractivity contribution >= 4 is 22.6 Å². The summed E-state index contributed by atoms with van der Waals surface area (Å²) in [6, 6.07) is 5.85. The molecule has 0 aliphatic heterocycles. The van der Waals surface area contributed by atoms with Crippen molar-refractivity contribution in [3.8, 4) is 0 Å². The van der Waals surface area contributed by atoms with E-state index in [1.807, 2.05) is 25.2 Å². The van der Waals surface area contributed by atoms with Gasteiger partial charge in [0.05, 0.1) is 21.6 Å². The van der Waals surface area contributed by atoms with Gasteiger partial charge >= 0.3 is 0 Å². The first-order chi connectivity index (χ1) is 8.01. The van der Waals surface area contributed by atoms with E-state index in [4.69, 9.17) is 16.6 Å². The number of hydrogen-bond donors (Lipinski definition) is 1. The summed E-state index contributed by atoms with van der Waals surface area (Å²) in [5, 5.41) is 4.05. The molecule has 3 nitrogen and oxygen atoms in total. The van der Waals surface area contributed by atoms with Crippen LogP contribution in [0.2, 0.25) is 5.02 Å². The van der Waals surface area contributed by atoms with Gasteiger partial charge < -0.3 is 9.88 Å². The third-order valence-corrected chi connectivity index (χ3v) is 3.52. The molecule has 1 heterocycles. The van der Waals surface area contributed by atoms with Gasteiger partial charge in [0.1, 0.15) is 5.82 Å². The Morgan fingerprint density at radius 3 is 2.71 bits per heavy atom. The molecule has 1 N–H and O–H groups in total. The van der Waals surface area contributed by atoms with Gasteiger partial charge in [-0.3, -0.25) is 0 Å². The van der Waals surface area contributed by atoms with E-state index in [2.05, 4.69) is 30.7 Å². The van der Waals surface area contributed by atoms with E-state index in [1.54, 1.807) is 0 Å². The zero-order valence-corrected chi connectivity index (χ0v) is 11.5. The quantitative estimate of drug-likeness (QED) is 0.908. The van der Waals surface area contributed by atoms with E-state index in [-0.39, 0.29) is 5.54 Å². The van der Waals surface area contributed by atoms with E-state index in [9.17, 15) is 0 Å². The van der Waals surface area contributed by atoms with Gasteiger partial charge in [0.2, 0.25) is 0 Å². The SMILES string of the molecule is CCn1c(C(C)(C)NC)nc2cccc(Cl)c21. The Hall–Kier alpha value is -1.06. The maximum Gasteiger partial charge on any atom is 0.129 e. The minimum Gasteiger partial charge on any atom is -0.325 e. The summed E-state index contributed by atoms with van der Waals surface area (Å²) >= 11 is 6.27. The summed E-state index contributed by atoms with van der Waals surface area (Å²) < 4.78 is 2.17. The van der Waals surface area contributed by atoms with Crippen LogP contribution < -0.4 is 5.32 Å². The predicted molar refractivity (Wildman–Crippen MR) is 72.5 cm³/mol. The molecule has 92 valence electrons. The maximum atomic E-state index is 6.27. The molecule has 0 atom stereocenters. The number of benzene rings is 1. The molecule has 0 aliphatic carbocycles. The highest BCUT2D eigenvalue weighted by atomic mass is 35.5. The summed E-state index contributed by atoms with van der Waals surface area (Å²) in [4.78, 5) is 4.70. The van der Waals surface area contributed by atoms with Crippen LogP contribution >= 0.6 is 11.6 Å². The first-order valence-electron chi connectivity index (χ1n) is 5.85. The van der Waals surface area contributed by atoms with E-state index < -0.39 is 0 Å². The van der Waals surface area contributed by atoms with E-state index >= 15 is 0 Å². The molecule has 0 saturated heterocycles. The fourth-order valence-electron chi connectivity index (χ4n) is 2.04. The Kier molecular flexibility index (Phi) is 3.15. The average Bonchev–Trinajstić information content (AvgIpc) is 2.69. The second-order valence-corrected chi connectivity index (χ2v) is 5.07. The molecule has 1 aromatic carbocycles. The second-order valence-electron chi connectivity index (χ2n) is 4.66. The molecule has 0 unspecified atom stereocenters. The van der Waals surface area contributed by atoms with Crippen molar-refractivity contribution in [2.45, 2.75) is 32.9 Å². The number of nitrogens with one attached hydrogen (secondary N) is 1. The van der Waals surface area contributed by atoms with Crippen LogP contribution in [0.4, 0.5) is 0 Å². The van der Waals surface area contributed by atoms with E-state index in [0.717, 1.165) is 28.4 Å². The normalized spacial score (nSPS) is 12.3. The van der Waals surface area contributed by atoms with Crippen molar-refractivity contribution in [1.29, 1.82) is 0 Å². The highest BCUT2D eigenvalue weighted by Crippen LogP contribution is 2.29. The fourth-order valence-corrected chi connectivity index (χ4v) is 2.31. The van der Waals surface area contributed by atoms with Crippen molar-refractivity contribution in [3.05, 3.63) is 29.0 Å². The van der Waals surface area contributed by atoms with Crippen molar-refractivity contribution in [1.82, 2.24) is 14.9 Å². The smallest absolute Gasteiger partial charge is 0.129 e. The maximum absolute atomic E-state index is 6.27. The zero-order valence-electron chi connectivity index (χ0n) is 10.7. The van der Waals surface area contributed by atoms with Crippen LogP contribution in [0.5, 0.6) is 0 Å². The van der Waals surface area contributed by atoms with Crippen LogP contribution in [0, 0.1) is 0 Å². The number of para-hydroxylation sites is 1. The number of hydrogen-bond acceptors (Lipinski definition) is 2. The molecule has 0 saturated carbocycles. The number of imidazole rings is 1. The first-order valence-corrected chi connectivity index (χ1v) is 6.23. The van der Waals surface area contributed by atoms with Crippen LogP contribution in [0.3, 0.4) is 0 Å². The molecule has 2 aromatic rings. The highest BCUT2D eigenvalue weighted by Gasteiger charge is 2.25. The number of aromatic nitrogens is 2. The predicted octanol–water partition coefficient (Wildman–Crippen LogP) is 3.16. The Labute approximate surface area is 107 Å². The van der Waals surface area contributed by atoms with Gasteiger partial charge in [0.25, 0.3) is 0 Å². The van der Waals surface area contributed by atoms with E-state index in [0.29, 0.717) is 0 Å². The number of rotatable bonds is 3. The van der Waals surface area contributed by atoms with Gasteiger partial charge in [-0.15, -0.1) is 0 Å². The third kappa shape index (κ3) is 1.94. The zero-order chi connectivity index (χ0) is 12.6. The summed E-state index contributed by atoms with van der Waals surface area (Å²) in [7, 11) is 1.95. The lowest BCUT2D eigenvalue weighted by atomic mass is 10.1. The van der Waals surface area contributed by atoms with Gasteiger partial charge in [-0.05, 0) is 40.0 Å². The van der Waals surface area contributed by atoms with Crippen molar-refractivity contribution in [3.63, 3.8) is 0 Å². The monoisotopic (exact) mass is 251 g/mol. The number of fused-ring (bicyclic) bond motifs is 1. The molecule has 2 rings (SSSR count).